The molecule has 5 heteroatoms. The number of piperidine rings is 1. The molecule has 2 fully saturated rings. The summed E-state index contributed by atoms with van der Waals surface area (Å²) in [6, 6.07) is 0.613. The molecule has 5 nitrogen and oxygen atoms in total. The van der Waals surface area contributed by atoms with Crippen molar-refractivity contribution in [3.05, 3.63) is 17.0 Å². The minimum absolute atomic E-state index is 0.181. The van der Waals surface area contributed by atoms with Crippen molar-refractivity contribution in [1.82, 2.24) is 19.6 Å². The number of fused-ring (bicyclic) bond motifs is 1. The summed E-state index contributed by atoms with van der Waals surface area (Å²) in [5.74, 6) is 0.181. The van der Waals surface area contributed by atoms with Crippen molar-refractivity contribution in [1.29, 1.82) is 0 Å². The van der Waals surface area contributed by atoms with Crippen molar-refractivity contribution in [3.8, 4) is 0 Å². The number of aryl methyl sites for hydroxylation is 1. The average molecular weight is 330 g/mol. The van der Waals surface area contributed by atoms with Crippen molar-refractivity contribution in [3.63, 3.8) is 0 Å². The second-order valence-electron chi connectivity index (χ2n) is 7.58. The van der Waals surface area contributed by atoms with E-state index in [1.54, 1.807) is 0 Å². The van der Waals surface area contributed by atoms with Gasteiger partial charge in [0, 0.05) is 36.9 Å². The zero-order valence-corrected chi connectivity index (χ0v) is 15.0. The minimum Gasteiger partial charge on any atom is -0.337 e. The quantitative estimate of drug-likeness (QED) is 0.855. The summed E-state index contributed by atoms with van der Waals surface area (Å²) in [4.78, 5) is 17.7. The number of likely N-dealkylation sites (tertiary alicyclic amines) is 2. The lowest BCUT2D eigenvalue weighted by Gasteiger charge is -2.32. The second-order valence-corrected chi connectivity index (χ2v) is 7.58. The molecule has 1 aliphatic carbocycles. The number of rotatable bonds is 3. The topological polar surface area (TPSA) is 41.4 Å². The van der Waals surface area contributed by atoms with Crippen LogP contribution in [0.3, 0.4) is 0 Å². The SMILES string of the molecule is CCn1nc(C(=O)N2CCCCC2)c2c1CCC(N1CCCC1)C2. The highest BCUT2D eigenvalue weighted by Crippen LogP contribution is 2.30. The van der Waals surface area contributed by atoms with Gasteiger partial charge in [-0.25, -0.2) is 0 Å². The fourth-order valence-electron chi connectivity index (χ4n) is 4.77. The Balaban J connectivity index is 1.60. The maximum absolute atomic E-state index is 13.1. The van der Waals surface area contributed by atoms with Crippen molar-refractivity contribution in [2.45, 2.75) is 70.9 Å². The van der Waals surface area contributed by atoms with E-state index in [4.69, 9.17) is 5.10 Å². The molecule has 1 aromatic rings. The van der Waals surface area contributed by atoms with Gasteiger partial charge >= 0.3 is 0 Å². The van der Waals surface area contributed by atoms with Crippen LogP contribution in [-0.4, -0.2) is 57.7 Å². The van der Waals surface area contributed by atoms with Gasteiger partial charge < -0.3 is 9.80 Å². The van der Waals surface area contributed by atoms with Gasteiger partial charge in [0.25, 0.3) is 5.91 Å². The second kappa shape index (κ2) is 6.87. The lowest BCUT2D eigenvalue weighted by Crippen LogP contribution is -2.39. The van der Waals surface area contributed by atoms with E-state index >= 15 is 0 Å². The maximum atomic E-state index is 13.1. The first-order valence-electron chi connectivity index (χ1n) is 9.89. The van der Waals surface area contributed by atoms with Crippen LogP contribution in [0.5, 0.6) is 0 Å². The first-order valence-corrected chi connectivity index (χ1v) is 9.89. The standard InChI is InChI=1S/C19H30N4O/c1-2-23-17-9-8-15(21-10-6-7-11-21)14-16(17)18(20-23)19(24)22-12-4-3-5-13-22/h15H,2-14H2,1H3. The van der Waals surface area contributed by atoms with Crippen LogP contribution in [0.25, 0.3) is 0 Å². The van der Waals surface area contributed by atoms with Crippen LogP contribution in [0.1, 0.15) is 67.2 Å². The lowest BCUT2D eigenvalue weighted by molar-refractivity contribution is 0.0715. The summed E-state index contributed by atoms with van der Waals surface area (Å²) in [5.41, 5.74) is 3.35. The maximum Gasteiger partial charge on any atom is 0.274 e. The molecule has 4 rings (SSSR count). The normalized spacial score (nSPS) is 25.0. The van der Waals surface area contributed by atoms with E-state index < -0.39 is 0 Å². The molecule has 1 unspecified atom stereocenters. The number of hydrogen-bond acceptors (Lipinski definition) is 3. The third kappa shape index (κ3) is 2.87. The number of amides is 1. The van der Waals surface area contributed by atoms with E-state index in [1.807, 2.05) is 4.90 Å². The average Bonchev–Trinajstić information content (AvgIpc) is 3.29. The predicted octanol–water partition coefficient (Wildman–Crippen LogP) is 2.48. The molecule has 3 aliphatic rings. The van der Waals surface area contributed by atoms with E-state index in [9.17, 15) is 4.79 Å². The van der Waals surface area contributed by atoms with Crippen molar-refractivity contribution in [2.75, 3.05) is 26.2 Å². The third-order valence-electron chi connectivity index (χ3n) is 6.12. The molecule has 1 aromatic heterocycles. The Labute approximate surface area is 145 Å². The Morgan fingerprint density at radius 2 is 1.79 bits per heavy atom. The summed E-state index contributed by atoms with van der Waals surface area (Å²) in [7, 11) is 0. The summed E-state index contributed by atoms with van der Waals surface area (Å²) in [5, 5.41) is 4.75. The summed E-state index contributed by atoms with van der Waals surface area (Å²) >= 11 is 0. The molecule has 3 heterocycles. The Morgan fingerprint density at radius 1 is 1.08 bits per heavy atom. The van der Waals surface area contributed by atoms with E-state index in [0.717, 1.165) is 51.0 Å². The smallest absolute Gasteiger partial charge is 0.274 e. The van der Waals surface area contributed by atoms with Crippen molar-refractivity contribution in [2.24, 2.45) is 0 Å². The number of carbonyl (C=O) groups is 1. The number of nitrogens with zero attached hydrogens (tertiary/aromatic N) is 4. The van der Waals surface area contributed by atoms with Gasteiger partial charge in [0.15, 0.2) is 5.69 Å². The van der Waals surface area contributed by atoms with E-state index in [1.165, 1.54) is 50.0 Å². The molecular weight excluding hydrogens is 300 g/mol. The fraction of sp³-hybridized carbons (Fsp3) is 0.789. The monoisotopic (exact) mass is 330 g/mol. The third-order valence-corrected chi connectivity index (χ3v) is 6.12. The Hall–Kier alpha value is -1.36. The highest BCUT2D eigenvalue weighted by Gasteiger charge is 2.33. The van der Waals surface area contributed by atoms with Crippen LogP contribution in [0.15, 0.2) is 0 Å². The van der Waals surface area contributed by atoms with Crippen molar-refractivity contribution >= 4 is 5.91 Å². The minimum atomic E-state index is 0.181. The van der Waals surface area contributed by atoms with Crippen LogP contribution in [0.4, 0.5) is 0 Å². The number of hydrogen-bond donors (Lipinski definition) is 0. The zero-order chi connectivity index (χ0) is 16.5. The first kappa shape index (κ1) is 16.1. The van der Waals surface area contributed by atoms with E-state index in [2.05, 4.69) is 16.5 Å². The van der Waals surface area contributed by atoms with Crippen LogP contribution < -0.4 is 0 Å². The van der Waals surface area contributed by atoms with E-state index in [0.29, 0.717) is 6.04 Å². The molecule has 1 atom stereocenters. The largest absolute Gasteiger partial charge is 0.337 e. The molecule has 0 radical (unpaired) electrons. The predicted molar refractivity (Wildman–Crippen MR) is 94.3 cm³/mol. The van der Waals surface area contributed by atoms with Gasteiger partial charge in [-0.15, -0.1) is 0 Å². The fourth-order valence-corrected chi connectivity index (χ4v) is 4.77. The van der Waals surface area contributed by atoms with Crippen molar-refractivity contribution < 1.29 is 4.79 Å². The summed E-state index contributed by atoms with van der Waals surface area (Å²) in [6.45, 7) is 7.28. The van der Waals surface area contributed by atoms with Gasteiger partial charge in [-0.2, -0.15) is 5.10 Å². The molecular formula is C19H30N4O. The first-order chi connectivity index (χ1) is 11.8. The molecule has 1 amide bonds. The molecule has 132 valence electrons. The number of aromatic nitrogens is 2. The molecule has 0 saturated carbocycles. The van der Waals surface area contributed by atoms with E-state index in [-0.39, 0.29) is 5.91 Å². The van der Waals surface area contributed by atoms with Crippen LogP contribution in [0, 0.1) is 0 Å². The summed E-state index contributed by atoms with van der Waals surface area (Å²) < 4.78 is 2.09. The Kier molecular flexibility index (Phi) is 4.61. The Morgan fingerprint density at radius 3 is 2.50 bits per heavy atom. The molecule has 24 heavy (non-hydrogen) atoms. The summed E-state index contributed by atoms with van der Waals surface area (Å²) in [6.07, 6.45) is 9.50. The lowest BCUT2D eigenvalue weighted by atomic mass is 9.90. The molecule has 2 saturated heterocycles. The zero-order valence-electron chi connectivity index (χ0n) is 15.0. The number of carbonyl (C=O) groups excluding carboxylic acids is 1. The molecule has 0 N–H and O–H groups in total. The highest BCUT2D eigenvalue weighted by atomic mass is 16.2. The Bertz CT molecular complexity index is 597. The van der Waals surface area contributed by atoms with Crippen LogP contribution in [-0.2, 0) is 19.4 Å². The van der Waals surface area contributed by atoms with Crippen LogP contribution in [0.2, 0.25) is 0 Å². The van der Waals surface area contributed by atoms with Gasteiger partial charge in [0.05, 0.1) is 0 Å². The van der Waals surface area contributed by atoms with Gasteiger partial charge in [0.2, 0.25) is 0 Å². The van der Waals surface area contributed by atoms with Gasteiger partial charge in [-0.1, -0.05) is 0 Å². The van der Waals surface area contributed by atoms with Gasteiger partial charge in [0.1, 0.15) is 0 Å². The molecule has 0 aromatic carbocycles. The molecule has 0 bridgehead atoms. The van der Waals surface area contributed by atoms with Gasteiger partial charge in [-0.3, -0.25) is 9.48 Å². The van der Waals surface area contributed by atoms with Crippen LogP contribution >= 0.6 is 0 Å². The highest BCUT2D eigenvalue weighted by molar-refractivity contribution is 5.94. The molecule has 2 aliphatic heterocycles. The van der Waals surface area contributed by atoms with Gasteiger partial charge in [-0.05, 0) is 71.4 Å². The molecule has 0 spiro atoms.